The van der Waals surface area contributed by atoms with Crippen molar-refractivity contribution in [2.24, 2.45) is 0 Å². The smallest absolute Gasteiger partial charge is 0.0908 e. The monoisotopic (exact) mass is 897 g/mol. The molecule has 0 fully saturated rings. The average Bonchev–Trinajstić information content (AvgIpc) is 3.11. The Morgan fingerprint density at radius 1 is 0.283 bits per heavy atom. The van der Waals surface area contributed by atoms with E-state index in [1.165, 1.54) is 0 Å². The number of rotatable bonds is 18. The highest BCUT2D eigenvalue weighted by molar-refractivity contribution is 6.18. The molecular weight excluding hydrogens is 792 g/mol. The fourth-order valence-corrected chi connectivity index (χ4v) is 2.80. The molecule has 0 spiro atoms. The van der Waals surface area contributed by atoms with Crippen molar-refractivity contribution in [3.05, 3.63) is 0 Å². The maximum absolute atomic E-state index is 9.10. The zero-order valence-corrected chi connectivity index (χ0v) is 44.2. The van der Waals surface area contributed by atoms with E-state index in [4.69, 9.17) is 70.7 Å². The summed E-state index contributed by atoms with van der Waals surface area (Å²) in [5.41, 5.74) is -0.832. The summed E-state index contributed by atoms with van der Waals surface area (Å²) in [5, 5.41) is 54.4. The van der Waals surface area contributed by atoms with Crippen LogP contribution in [0.3, 0.4) is 0 Å². The van der Waals surface area contributed by atoms with Gasteiger partial charge in [0.1, 0.15) is 0 Å². The van der Waals surface area contributed by atoms with Gasteiger partial charge < -0.3 is 59.1 Å². The molecule has 0 aromatic rings. The standard InChI is InChI=1S/5C8H18O2.C7H15ClO2/c5*1-5-7(9)6-10-8(2,3)4;1-7(2,3)10-5-6(9)4-8/h5*7,9H,5-6H2,1-4H3;6,9H,4-5H2,1-3H3/t3*7-;;;6-/m110..0/s1. The second-order valence-corrected chi connectivity index (χ2v) is 21.0. The molecule has 60 heavy (non-hydrogen) atoms. The van der Waals surface area contributed by atoms with Crippen LogP contribution in [0.1, 0.15) is 191 Å². The minimum Gasteiger partial charge on any atom is -0.391 e. The summed E-state index contributed by atoms with van der Waals surface area (Å²) in [4.78, 5) is 0. The number of ether oxygens (including phenoxy) is 6. The van der Waals surface area contributed by atoms with Crippen LogP contribution in [0, 0.1) is 0 Å². The quantitative estimate of drug-likeness (QED) is 0.0721. The van der Waals surface area contributed by atoms with Crippen LogP contribution in [0.4, 0.5) is 0 Å². The minimum atomic E-state index is -0.541. The summed E-state index contributed by atoms with van der Waals surface area (Å²) < 4.78 is 31.9. The summed E-state index contributed by atoms with van der Waals surface area (Å²) in [7, 11) is 0. The highest BCUT2D eigenvalue weighted by atomic mass is 35.5. The zero-order valence-electron chi connectivity index (χ0n) is 43.5. The van der Waals surface area contributed by atoms with Crippen LogP contribution in [-0.2, 0) is 28.4 Å². The van der Waals surface area contributed by atoms with Crippen molar-refractivity contribution in [3.63, 3.8) is 0 Å². The third-order valence-corrected chi connectivity index (χ3v) is 7.14. The van der Waals surface area contributed by atoms with Crippen molar-refractivity contribution in [2.75, 3.05) is 45.5 Å². The van der Waals surface area contributed by atoms with Crippen LogP contribution in [0.25, 0.3) is 0 Å². The molecule has 0 heterocycles. The lowest BCUT2D eigenvalue weighted by atomic mass is 10.2. The molecule has 0 bridgehead atoms. The topological polar surface area (TPSA) is 177 Å². The van der Waals surface area contributed by atoms with Gasteiger partial charge in [0, 0.05) is 0 Å². The highest BCUT2D eigenvalue weighted by Crippen LogP contribution is 2.11. The minimum absolute atomic E-state index is 0.129. The Hall–Kier alpha value is -0.190. The fraction of sp³-hybridized carbons (Fsp3) is 1.00. The van der Waals surface area contributed by atoms with Gasteiger partial charge in [-0.25, -0.2) is 0 Å². The molecule has 0 amide bonds. The Morgan fingerprint density at radius 2 is 0.400 bits per heavy atom. The van der Waals surface area contributed by atoms with E-state index in [1.807, 2.05) is 159 Å². The summed E-state index contributed by atoms with van der Waals surface area (Å²) in [6.07, 6.45) is 1.73. The van der Waals surface area contributed by atoms with Crippen LogP contribution >= 0.6 is 11.6 Å². The van der Waals surface area contributed by atoms with Crippen LogP contribution in [0.5, 0.6) is 0 Å². The van der Waals surface area contributed by atoms with E-state index in [0.29, 0.717) is 39.6 Å². The molecule has 0 radical (unpaired) electrons. The Balaban J connectivity index is -0.000000146. The van der Waals surface area contributed by atoms with Crippen LogP contribution in [0.15, 0.2) is 0 Å². The van der Waals surface area contributed by atoms with Crippen molar-refractivity contribution in [1.29, 1.82) is 0 Å². The summed E-state index contributed by atoms with van der Waals surface area (Å²) in [6.45, 7) is 47.8. The third kappa shape index (κ3) is 81.6. The molecule has 0 saturated carbocycles. The summed E-state index contributed by atoms with van der Waals surface area (Å²) >= 11 is 5.35. The normalized spacial score (nSPS) is 15.3. The van der Waals surface area contributed by atoms with Crippen molar-refractivity contribution in [2.45, 2.75) is 262 Å². The van der Waals surface area contributed by atoms with E-state index in [2.05, 4.69) is 0 Å². The number of hydrogen-bond acceptors (Lipinski definition) is 12. The molecule has 0 aromatic heterocycles. The maximum atomic E-state index is 9.10. The van der Waals surface area contributed by atoms with Gasteiger partial charge in [-0.2, -0.15) is 0 Å². The second-order valence-electron chi connectivity index (χ2n) is 20.7. The average molecular weight is 898 g/mol. The van der Waals surface area contributed by atoms with E-state index in [9.17, 15) is 0 Å². The largest absolute Gasteiger partial charge is 0.391 e. The number of hydrogen-bond donors (Lipinski definition) is 6. The SMILES string of the molecule is CC(C)(C)OC[C@@H](O)CCl.CCC(O)COC(C)(C)C.CCC(O)COC(C)(C)C.CC[C@@H](O)COC(C)(C)C.CC[C@@H](O)COC(C)(C)C.CC[C@H](O)COC(C)(C)C. The van der Waals surface area contributed by atoms with Crippen LogP contribution in [0.2, 0.25) is 0 Å². The van der Waals surface area contributed by atoms with Crippen molar-refractivity contribution >= 4 is 11.6 Å². The molecule has 13 heteroatoms. The fourth-order valence-electron chi connectivity index (χ4n) is 2.71. The van der Waals surface area contributed by atoms with Crippen LogP contribution in [-0.4, -0.2) is 146 Å². The molecule has 0 aromatic carbocycles. The lowest BCUT2D eigenvalue weighted by Crippen LogP contribution is -2.26. The summed E-state index contributed by atoms with van der Waals surface area (Å²) in [5.74, 6) is 0.232. The molecule has 0 aliphatic carbocycles. The van der Waals surface area contributed by atoms with Crippen molar-refractivity contribution in [1.82, 2.24) is 0 Å². The number of aliphatic hydroxyl groups excluding tert-OH is 6. The molecular formula is C47H105ClO12. The first-order valence-corrected chi connectivity index (χ1v) is 22.7. The number of aliphatic hydroxyl groups is 6. The van der Waals surface area contributed by atoms with Crippen LogP contribution < -0.4 is 0 Å². The van der Waals surface area contributed by atoms with Crippen molar-refractivity contribution < 1.29 is 59.1 Å². The first-order valence-electron chi connectivity index (χ1n) is 22.2. The molecule has 0 saturated heterocycles. The molecule has 0 aliphatic rings. The van der Waals surface area contributed by atoms with E-state index >= 15 is 0 Å². The molecule has 6 N–H and O–H groups in total. The Bertz CT molecular complexity index is 696. The lowest BCUT2D eigenvalue weighted by molar-refractivity contribution is -0.0493. The predicted octanol–water partition coefficient (Wildman–Crippen LogP) is 9.26. The molecule has 6 atom stereocenters. The van der Waals surface area contributed by atoms with Gasteiger partial charge in [0.15, 0.2) is 0 Å². The van der Waals surface area contributed by atoms with Gasteiger partial charge in [0.25, 0.3) is 0 Å². The molecule has 12 nitrogen and oxygen atoms in total. The highest BCUT2D eigenvalue weighted by Gasteiger charge is 2.16. The Labute approximate surface area is 376 Å². The second kappa shape index (κ2) is 38.1. The van der Waals surface area contributed by atoms with E-state index in [0.717, 1.165) is 32.1 Å². The van der Waals surface area contributed by atoms with Gasteiger partial charge in [-0.15, -0.1) is 11.6 Å². The first kappa shape index (κ1) is 71.4. The van der Waals surface area contributed by atoms with Gasteiger partial charge in [0.2, 0.25) is 0 Å². The van der Waals surface area contributed by atoms with E-state index < -0.39 is 6.10 Å². The van der Waals surface area contributed by atoms with Gasteiger partial charge in [-0.3, -0.25) is 0 Å². The first-order chi connectivity index (χ1) is 26.7. The molecule has 2 unspecified atom stereocenters. The molecule has 0 rings (SSSR count). The van der Waals surface area contributed by atoms with E-state index in [-0.39, 0.29) is 70.0 Å². The Morgan fingerprint density at radius 3 is 0.483 bits per heavy atom. The molecule has 0 aliphatic heterocycles. The summed E-state index contributed by atoms with van der Waals surface area (Å²) in [6, 6.07) is 0. The zero-order chi connectivity index (χ0) is 49.2. The Kier molecular flexibility index (Phi) is 45.4. The lowest BCUT2D eigenvalue weighted by Gasteiger charge is -2.21. The van der Waals surface area contributed by atoms with Crippen molar-refractivity contribution in [3.8, 4) is 0 Å². The maximum Gasteiger partial charge on any atom is 0.0908 e. The van der Waals surface area contributed by atoms with Gasteiger partial charge in [-0.05, 0) is 157 Å². The molecule has 372 valence electrons. The third-order valence-electron chi connectivity index (χ3n) is 6.79. The van der Waals surface area contributed by atoms with Gasteiger partial charge in [-0.1, -0.05) is 34.6 Å². The van der Waals surface area contributed by atoms with E-state index in [1.54, 1.807) is 0 Å². The number of alkyl halides is 1. The van der Waals surface area contributed by atoms with Gasteiger partial charge >= 0.3 is 0 Å². The number of halogens is 1. The van der Waals surface area contributed by atoms with Gasteiger partial charge in [0.05, 0.1) is 116 Å². The predicted molar refractivity (Wildman–Crippen MR) is 252 cm³/mol.